The first-order valence-corrected chi connectivity index (χ1v) is 12.0. The van der Waals surface area contributed by atoms with Crippen LogP contribution < -0.4 is 0 Å². The van der Waals surface area contributed by atoms with Crippen LogP contribution in [0.2, 0.25) is 0 Å². The molecule has 0 saturated carbocycles. The summed E-state index contributed by atoms with van der Waals surface area (Å²) in [5, 5.41) is 0. The van der Waals surface area contributed by atoms with Gasteiger partial charge in [-0.05, 0) is 39.0 Å². The van der Waals surface area contributed by atoms with Crippen LogP contribution in [0.15, 0.2) is 12.2 Å². The summed E-state index contributed by atoms with van der Waals surface area (Å²) in [5.41, 5.74) is 0. The Morgan fingerprint density at radius 1 is 0.806 bits per heavy atom. The van der Waals surface area contributed by atoms with Crippen LogP contribution in [-0.2, 0) is 28.6 Å². The fraction of sp³-hybridized carbons (Fsp3) is 0.800. The van der Waals surface area contributed by atoms with Crippen LogP contribution in [0, 0.1) is 0 Å². The zero-order valence-corrected chi connectivity index (χ0v) is 20.2. The summed E-state index contributed by atoms with van der Waals surface area (Å²) in [6, 6.07) is 0. The highest BCUT2D eigenvalue weighted by molar-refractivity contribution is 5.69. The molecule has 2 atom stereocenters. The van der Waals surface area contributed by atoms with Crippen molar-refractivity contribution in [3.05, 3.63) is 12.2 Å². The van der Waals surface area contributed by atoms with Gasteiger partial charge in [-0.25, -0.2) is 0 Å². The van der Waals surface area contributed by atoms with Gasteiger partial charge in [0.1, 0.15) is 18.8 Å². The molecule has 0 saturated heterocycles. The lowest BCUT2D eigenvalue weighted by atomic mass is 10.1. The molecule has 180 valence electrons. The largest absolute Gasteiger partial charge is 0.462 e. The molecule has 0 aromatic rings. The quantitative estimate of drug-likeness (QED) is 0.105. The van der Waals surface area contributed by atoms with Gasteiger partial charge in [0.15, 0.2) is 0 Å². The predicted molar refractivity (Wildman–Crippen MR) is 123 cm³/mol. The number of hydrogen-bond donors (Lipinski definition) is 0. The molecule has 0 N–H and O–H groups in total. The van der Waals surface area contributed by atoms with Crippen molar-refractivity contribution >= 4 is 17.9 Å². The maximum atomic E-state index is 11.7. The van der Waals surface area contributed by atoms with Crippen LogP contribution in [0.1, 0.15) is 111 Å². The number of carbonyl (C=O) groups is 3. The van der Waals surface area contributed by atoms with E-state index in [4.69, 9.17) is 14.2 Å². The summed E-state index contributed by atoms with van der Waals surface area (Å²) >= 11 is 0. The molecule has 0 aromatic heterocycles. The summed E-state index contributed by atoms with van der Waals surface area (Å²) in [4.78, 5) is 33.7. The second kappa shape index (κ2) is 20.1. The van der Waals surface area contributed by atoms with E-state index < -0.39 is 6.10 Å². The third-order valence-electron chi connectivity index (χ3n) is 4.88. The van der Waals surface area contributed by atoms with Gasteiger partial charge in [-0.3, -0.25) is 14.4 Å². The summed E-state index contributed by atoms with van der Waals surface area (Å²) in [6.07, 6.45) is 17.0. The van der Waals surface area contributed by atoms with Crippen molar-refractivity contribution in [3.8, 4) is 0 Å². The number of esters is 3. The van der Waals surface area contributed by atoms with Gasteiger partial charge in [0.05, 0.1) is 0 Å². The number of unbranched alkanes of at least 4 members (excludes halogenated alkanes) is 8. The minimum atomic E-state index is -0.403. The van der Waals surface area contributed by atoms with Crippen LogP contribution in [0.3, 0.4) is 0 Å². The van der Waals surface area contributed by atoms with Crippen molar-refractivity contribution in [2.75, 3.05) is 6.61 Å². The Labute approximate surface area is 189 Å². The molecule has 6 nitrogen and oxygen atoms in total. The zero-order valence-electron chi connectivity index (χ0n) is 20.2. The Hall–Kier alpha value is -1.85. The molecule has 0 fully saturated rings. The summed E-state index contributed by atoms with van der Waals surface area (Å²) in [5.74, 6) is -0.805. The second-order valence-electron chi connectivity index (χ2n) is 8.20. The topological polar surface area (TPSA) is 78.9 Å². The molecule has 0 aliphatic rings. The lowest BCUT2D eigenvalue weighted by Crippen LogP contribution is -2.21. The Bertz CT molecular complexity index is 514. The first kappa shape index (κ1) is 29.1. The molecule has 0 aromatic carbocycles. The van der Waals surface area contributed by atoms with E-state index in [0.717, 1.165) is 57.8 Å². The maximum Gasteiger partial charge on any atom is 0.305 e. The smallest absolute Gasteiger partial charge is 0.305 e. The molecule has 6 heteroatoms. The van der Waals surface area contributed by atoms with E-state index in [1.807, 2.05) is 0 Å². The van der Waals surface area contributed by atoms with Crippen molar-refractivity contribution < 1.29 is 28.6 Å². The Morgan fingerprint density at radius 2 is 1.45 bits per heavy atom. The van der Waals surface area contributed by atoms with E-state index >= 15 is 0 Å². The summed E-state index contributed by atoms with van der Waals surface area (Å²) in [7, 11) is 0. The van der Waals surface area contributed by atoms with E-state index in [9.17, 15) is 14.4 Å². The first-order valence-electron chi connectivity index (χ1n) is 12.0. The van der Waals surface area contributed by atoms with Crippen molar-refractivity contribution in [1.29, 1.82) is 0 Å². The van der Waals surface area contributed by atoms with E-state index in [1.54, 1.807) is 6.92 Å². The van der Waals surface area contributed by atoms with E-state index in [2.05, 4.69) is 19.1 Å². The highest BCUT2D eigenvalue weighted by Gasteiger charge is 2.10. The molecule has 0 spiro atoms. The van der Waals surface area contributed by atoms with Crippen molar-refractivity contribution in [1.82, 2.24) is 0 Å². The second-order valence-corrected chi connectivity index (χ2v) is 8.20. The fourth-order valence-electron chi connectivity index (χ4n) is 3.29. The van der Waals surface area contributed by atoms with Gasteiger partial charge < -0.3 is 14.2 Å². The average molecular weight is 441 g/mol. The predicted octanol–water partition coefficient (Wildman–Crippen LogP) is 6.06. The van der Waals surface area contributed by atoms with Gasteiger partial charge in [0, 0.05) is 26.7 Å². The van der Waals surface area contributed by atoms with E-state index in [1.165, 1.54) is 33.1 Å². The molecule has 0 heterocycles. The van der Waals surface area contributed by atoms with Crippen molar-refractivity contribution in [2.24, 2.45) is 0 Å². The van der Waals surface area contributed by atoms with Crippen LogP contribution in [-0.4, -0.2) is 36.7 Å². The van der Waals surface area contributed by atoms with Crippen LogP contribution >= 0.6 is 0 Å². The third kappa shape index (κ3) is 21.2. The first-order chi connectivity index (χ1) is 14.8. The van der Waals surface area contributed by atoms with Crippen LogP contribution in [0.4, 0.5) is 0 Å². The standard InChI is InChI=1S/C25H44O6/c1-5-6-7-14-17-24(31-23(4)27)18-15-12-10-8-9-11-13-16-19-25(28)29-20-21(2)30-22(3)26/h12,15,21,24H,5-11,13-14,16-20H2,1-4H3/b15-12-/t21?,24-/m1/s1. The molecule has 0 radical (unpaired) electrons. The molecule has 0 bridgehead atoms. The van der Waals surface area contributed by atoms with Gasteiger partial charge >= 0.3 is 17.9 Å². The lowest BCUT2D eigenvalue weighted by molar-refractivity contribution is -0.156. The van der Waals surface area contributed by atoms with E-state index in [-0.39, 0.29) is 30.6 Å². The molecule has 0 amide bonds. The van der Waals surface area contributed by atoms with Gasteiger partial charge in [-0.15, -0.1) is 0 Å². The van der Waals surface area contributed by atoms with Gasteiger partial charge in [0.2, 0.25) is 0 Å². The molecule has 0 rings (SSSR count). The molecule has 31 heavy (non-hydrogen) atoms. The SMILES string of the molecule is CCCCCC[C@H](C/C=C\CCCCCCCC(=O)OCC(C)OC(C)=O)OC(C)=O. The molecule has 1 unspecified atom stereocenters. The number of hydrogen-bond acceptors (Lipinski definition) is 6. The number of rotatable bonds is 19. The van der Waals surface area contributed by atoms with Crippen molar-refractivity contribution in [2.45, 2.75) is 123 Å². The minimum absolute atomic E-state index is 0.00220. The van der Waals surface area contributed by atoms with Gasteiger partial charge in [-0.2, -0.15) is 0 Å². The van der Waals surface area contributed by atoms with Crippen LogP contribution in [0.25, 0.3) is 0 Å². The fourth-order valence-corrected chi connectivity index (χ4v) is 3.29. The monoisotopic (exact) mass is 440 g/mol. The normalized spacial score (nSPS) is 13.0. The maximum absolute atomic E-state index is 11.7. The van der Waals surface area contributed by atoms with Crippen LogP contribution in [0.5, 0.6) is 0 Å². The Balaban J connectivity index is 3.70. The number of carbonyl (C=O) groups excluding carboxylic acids is 3. The highest BCUT2D eigenvalue weighted by Crippen LogP contribution is 2.13. The van der Waals surface area contributed by atoms with Gasteiger partial charge in [0.25, 0.3) is 0 Å². The highest BCUT2D eigenvalue weighted by atomic mass is 16.6. The molecule has 0 aliphatic heterocycles. The molecule has 0 aliphatic carbocycles. The Kier molecular flexibility index (Phi) is 18.9. The summed E-state index contributed by atoms with van der Waals surface area (Å²) < 4.78 is 15.4. The molecular formula is C25H44O6. The van der Waals surface area contributed by atoms with E-state index in [0.29, 0.717) is 6.42 Å². The summed E-state index contributed by atoms with van der Waals surface area (Å²) in [6.45, 7) is 6.82. The zero-order chi connectivity index (χ0) is 23.3. The molecular weight excluding hydrogens is 396 g/mol. The van der Waals surface area contributed by atoms with Gasteiger partial charge in [-0.1, -0.05) is 57.6 Å². The lowest BCUT2D eigenvalue weighted by Gasteiger charge is -2.15. The number of ether oxygens (including phenoxy) is 3. The Morgan fingerprint density at radius 3 is 2.13 bits per heavy atom. The third-order valence-corrected chi connectivity index (χ3v) is 4.88. The van der Waals surface area contributed by atoms with Crippen molar-refractivity contribution in [3.63, 3.8) is 0 Å². The minimum Gasteiger partial charge on any atom is -0.462 e. The number of allylic oxidation sites excluding steroid dienone is 1. The average Bonchev–Trinajstić information content (AvgIpc) is 2.69.